The van der Waals surface area contributed by atoms with E-state index < -0.39 is 5.91 Å². The fourth-order valence-corrected chi connectivity index (χ4v) is 1.80. The van der Waals surface area contributed by atoms with Crippen molar-refractivity contribution < 1.29 is 23.8 Å². The van der Waals surface area contributed by atoms with Crippen molar-refractivity contribution in [2.45, 2.75) is 12.8 Å². The molecular formula is C16H23N3O5. The van der Waals surface area contributed by atoms with Gasteiger partial charge in [-0.05, 0) is 30.2 Å². The van der Waals surface area contributed by atoms with Crippen LogP contribution in [0.2, 0.25) is 0 Å². The van der Waals surface area contributed by atoms with Gasteiger partial charge in [0.25, 0.3) is 0 Å². The lowest BCUT2D eigenvalue weighted by Gasteiger charge is -2.07. The molecule has 1 aromatic carbocycles. The van der Waals surface area contributed by atoms with Crippen molar-refractivity contribution in [3.05, 3.63) is 23.8 Å². The normalized spacial score (nSPS) is 10.5. The van der Waals surface area contributed by atoms with Gasteiger partial charge in [0.2, 0.25) is 11.8 Å². The highest BCUT2D eigenvalue weighted by atomic mass is 16.5. The van der Waals surface area contributed by atoms with Crippen LogP contribution in [0.1, 0.15) is 18.4 Å². The number of amides is 2. The van der Waals surface area contributed by atoms with E-state index >= 15 is 0 Å². The molecule has 1 aromatic rings. The van der Waals surface area contributed by atoms with Crippen LogP contribution in [0.15, 0.2) is 23.3 Å². The van der Waals surface area contributed by atoms with Gasteiger partial charge in [-0.15, -0.1) is 0 Å². The maximum absolute atomic E-state index is 11.6. The van der Waals surface area contributed by atoms with E-state index in [-0.39, 0.29) is 12.3 Å². The maximum Gasteiger partial charge on any atom is 0.249 e. The third-order valence-corrected chi connectivity index (χ3v) is 2.98. The minimum atomic E-state index is -0.490. The van der Waals surface area contributed by atoms with Crippen LogP contribution in [0.4, 0.5) is 0 Å². The first-order chi connectivity index (χ1) is 11.6. The highest BCUT2D eigenvalue weighted by Crippen LogP contribution is 2.26. The van der Waals surface area contributed by atoms with Crippen LogP contribution < -0.4 is 20.2 Å². The van der Waals surface area contributed by atoms with Crippen molar-refractivity contribution in [3.63, 3.8) is 0 Å². The second-order valence-electron chi connectivity index (χ2n) is 4.78. The first-order valence-corrected chi connectivity index (χ1v) is 7.40. The van der Waals surface area contributed by atoms with Crippen molar-refractivity contribution in [1.82, 2.24) is 10.7 Å². The SMILES string of the molecule is COCCCNC(=O)CC(=O)N/N=C\c1ccc(OC)c(OC)c1. The highest BCUT2D eigenvalue weighted by Gasteiger charge is 2.08. The molecule has 24 heavy (non-hydrogen) atoms. The summed E-state index contributed by atoms with van der Waals surface area (Å²) in [6, 6.07) is 5.21. The Hall–Kier alpha value is -2.61. The van der Waals surface area contributed by atoms with E-state index in [9.17, 15) is 9.59 Å². The number of rotatable bonds is 10. The van der Waals surface area contributed by atoms with Gasteiger partial charge in [-0.1, -0.05) is 0 Å². The summed E-state index contributed by atoms with van der Waals surface area (Å²) in [5.74, 6) is 0.313. The van der Waals surface area contributed by atoms with Crippen LogP contribution >= 0.6 is 0 Å². The second-order valence-corrected chi connectivity index (χ2v) is 4.78. The minimum absolute atomic E-state index is 0.281. The molecule has 0 saturated heterocycles. The molecule has 0 spiro atoms. The van der Waals surface area contributed by atoms with Crippen LogP contribution in [0.25, 0.3) is 0 Å². The van der Waals surface area contributed by atoms with E-state index in [0.717, 1.165) is 5.56 Å². The molecule has 0 bridgehead atoms. The van der Waals surface area contributed by atoms with E-state index in [1.807, 2.05) is 0 Å². The van der Waals surface area contributed by atoms with Crippen LogP contribution in [0, 0.1) is 0 Å². The topological polar surface area (TPSA) is 98.2 Å². The Labute approximate surface area is 141 Å². The summed E-state index contributed by atoms with van der Waals surface area (Å²) < 4.78 is 15.2. The number of hydrogen-bond acceptors (Lipinski definition) is 6. The van der Waals surface area contributed by atoms with Crippen molar-refractivity contribution in [1.29, 1.82) is 0 Å². The summed E-state index contributed by atoms with van der Waals surface area (Å²) in [7, 11) is 4.67. The number of hydrogen-bond donors (Lipinski definition) is 2. The molecule has 0 heterocycles. The van der Waals surface area contributed by atoms with Crippen LogP contribution in [0.3, 0.4) is 0 Å². The molecule has 0 aliphatic heterocycles. The predicted molar refractivity (Wildman–Crippen MR) is 89.4 cm³/mol. The van der Waals surface area contributed by atoms with Gasteiger partial charge >= 0.3 is 0 Å². The molecule has 0 radical (unpaired) electrons. The number of hydrazone groups is 1. The highest BCUT2D eigenvalue weighted by molar-refractivity contribution is 5.97. The minimum Gasteiger partial charge on any atom is -0.493 e. The lowest BCUT2D eigenvalue weighted by molar-refractivity contribution is -0.129. The molecule has 8 nitrogen and oxygen atoms in total. The fraction of sp³-hybridized carbons (Fsp3) is 0.438. The summed E-state index contributed by atoms with van der Waals surface area (Å²) in [6.45, 7) is 1.02. The summed E-state index contributed by atoms with van der Waals surface area (Å²) in [5, 5.41) is 6.44. The van der Waals surface area contributed by atoms with E-state index in [0.29, 0.717) is 31.1 Å². The van der Waals surface area contributed by atoms with Crippen molar-refractivity contribution in [2.24, 2.45) is 5.10 Å². The van der Waals surface area contributed by atoms with Gasteiger partial charge in [-0.2, -0.15) is 5.10 Å². The maximum atomic E-state index is 11.6. The Kier molecular flexibility index (Phi) is 8.91. The van der Waals surface area contributed by atoms with Gasteiger partial charge in [-0.3, -0.25) is 9.59 Å². The number of methoxy groups -OCH3 is 3. The molecule has 0 aromatic heterocycles. The van der Waals surface area contributed by atoms with Crippen LogP contribution in [-0.2, 0) is 14.3 Å². The quantitative estimate of drug-likeness (QED) is 0.283. The summed E-state index contributed by atoms with van der Waals surface area (Å²) in [5.41, 5.74) is 3.02. The number of nitrogens with one attached hydrogen (secondary N) is 2. The Morgan fingerprint density at radius 3 is 2.54 bits per heavy atom. The van der Waals surface area contributed by atoms with Gasteiger partial charge in [0.15, 0.2) is 11.5 Å². The number of carbonyl (C=O) groups excluding carboxylic acids is 2. The predicted octanol–water partition coefficient (Wildman–Crippen LogP) is 0.697. The Morgan fingerprint density at radius 1 is 1.12 bits per heavy atom. The van der Waals surface area contributed by atoms with E-state index in [1.165, 1.54) is 13.3 Å². The van der Waals surface area contributed by atoms with Gasteiger partial charge in [0.05, 0.1) is 20.4 Å². The van der Waals surface area contributed by atoms with Crippen molar-refractivity contribution >= 4 is 18.0 Å². The standard InChI is InChI=1S/C16H23N3O5/c1-22-8-4-7-17-15(20)10-16(21)19-18-11-12-5-6-13(23-2)14(9-12)24-3/h5-6,9,11H,4,7-8,10H2,1-3H3,(H,17,20)(H,19,21)/b18-11-. The summed E-state index contributed by atoms with van der Waals surface area (Å²) in [4.78, 5) is 23.1. The second kappa shape index (κ2) is 11.0. The Morgan fingerprint density at radius 2 is 1.88 bits per heavy atom. The van der Waals surface area contributed by atoms with Crippen LogP contribution in [0.5, 0.6) is 11.5 Å². The first-order valence-electron chi connectivity index (χ1n) is 7.40. The van der Waals surface area contributed by atoms with Gasteiger partial charge in [0, 0.05) is 20.3 Å². The lowest BCUT2D eigenvalue weighted by atomic mass is 10.2. The molecule has 0 atom stereocenters. The van der Waals surface area contributed by atoms with Crippen LogP contribution in [-0.4, -0.2) is 52.5 Å². The summed E-state index contributed by atoms with van der Waals surface area (Å²) in [6.07, 6.45) is 1.87. The third-order valence-electron chi connectivity index (χ3n) is 2.98. The van der Waals surface area contributed by atoms with E-state index in [2.05, 4.69) is 15.8 Å². The Balaban J connectivity index is 2.40. The third kappa shape index (κ3) is 7.10. The zero-order valence-electron chi connectivity index (χ0n) is 14.1. The zero-order valence-corrected chi connectivity index (χ0v) is 14.1. The van der Waals surface area contributed by atoms with Crippen molar-refractivity contribution in [2.75, 3.05) is 34.5 Å². The van der Waals surface area contributed by atoms with Gasteiger partial charge in [0.1, 0.15) is 6.42 Å². The molecular weight excluding hydrogens is 314 g/mol. The van der Waals surface area contributed by atoms with E-state index in [4.69, 9.17) is 14.2 Å². The zero-order chi connectivity index (χ0) is 17.8. The molecule has 0 aliphatic carbocycles. The summed E-state index contributed by atoms with van der Waals surface area (Å²) >= 11 is 0. The van der Waals surface area contributed by atoms with Gasteiger partial charge in [-0.25, -0.2) is 5.43 Å². The smallest absolute Gasteiger partial charge is 0.249 e. The van der Waals surface area contributed by atoms with Gasteiger partial charge < -0.3 is 19.5 Å². The van der Waals surface area contributed by atoms with Crippen molar-refractivity contribution in [3.8, 4) is 11.5 Å². The molecule has 0 saturated carbocycles. The molecule has 2 N–H and O–H groups in total. The Bertz CT molecular complexity index is 575. The average Bonchev–Trinajstić information content (AvgIpc) is 2.58. The molecule has 8 heteroatoms. The molecule has 132 valence electrons. The lowest BCUT2D eigenvalue weighted by Crippen LogP contribution is -2.30. The molecule has 0 unspecified atom stereocenters. The fourth-order valence-electron chi connectivity index (χ4n) is 1.80. The first kappa shape index (κ1) is 19.4. The average molecular weight is 337 g/mol. The molecule has 2 amide bonds. The monoisotopic (exact) mass is 337 g/mol. The number of nitrogens with zero attached hydrogens (tertiary/aromatic N) is 1. The number of benzene rings is 1. The largest absolute Gasteiger partial charge is 0.493 e. The number of carbonyl (C=O) groups is 2. The molecule has 0 aliphatic rings. The molecule has 1 rings (SSSR count). The van der Waals surface area contributed by atoms with E-state index in [1.54, 1.807) is 32.4 Å². The number of ether oxygens (including phenoxy) is 3. The molecule has 0 fully saturated rings.